The Morgan fingerprint density at radius 2 is 1.42 bits per heavy atom. The van der Waals surface area contributed by atoms with Crippen LogP contribution in [0.4, 0.5) is 0 Å². The molecule has 2 aromatic carbocycles. The average molecular weight is 338 g/mol. The summed E-state index contributed by atoms with van der Waals surface area (Å²) in [5.74, 6) is 1.46. The van der Waals surface area contributed by atoms with Gasteiger partial charge in [0, 0.05) is 11.1 Å². The van der Waals surface area contributed by atoms with Crippen LogP contribution in [-0.2, 0) is 5.16 Å². The smallest absolute Gasteiger partial charge is 0.0589 e. The molecule has 5 atom stereocenters. The number of aliphatic hydroxyl groups excluding tert-OH is 1. The van der Waals surface area contributed by atoms with E-state index in [4.69, 9.17) is 0 Å². The van der Waals surface area contributed by atoms with Gasteiger partial charge in [-0.05, 0) is 41.2 Å². The van der Waals surface area contributed by atoms with E-state index in [1.54, 1.807) is 0 Å². The van der Waals surface area contributed by atoms with Crippen LogP contribution in [0.3, 0.4) is 0 Å². The first-order valence-electron chi connectivity index (χ1n) is 9.03. The number of hydrogen-bond acceptors (Lipinski definition) is 1. The van der Waals surface area contributed by atoms with Gasteiger partial charge in [-0.1, -0.05) is 74.5 Å². The molecule has 3 saturated carbocycles. The molecule has 0 saturated heterocycles. The quantitative estimate of drug-likeness (QED) is 0.793. The summed E-state index contributed by atoms with van der Waals surface area (Å²) in [6.45, 7) is 4.79. The lowest BCUT2D eigenvalue weighted by molar-refractivity contribution is -0.168. The molecule has 0 aliphatic heterocycles. The Hall–Kier alpha value is -1.17. The fraction of sp³-hybridized carbons (Fsp3) is 0.455. The van der Waals surface area contributed by atoms with Crippen LogP contribution >= 0.6 is 9.24 Å². The fourth-order valence-corrected chi connectivity index (χ4v) is 6.21. The minimum Gasteiger partial charge on any atom is -0.393 e. The van der Waals surface area contributed by atoms with Crippen molar-refractivity contribution in [2.75, 3.05) is 0 Å². The van der Waals surface area contributed by atoms with E-state index in [1.165, 1.54) is 17.5 Å². The maximum atomic E-state index is 11.0. The molecule has 2 aromatic rings. The Morgan fingerprint density at radius 1 is 0.917 bits per heavy atom. The molecule has 0 aromatic heterocycles. The molecule has 0 spiro atoms. The third kappa shape index (κ3) is 2.21. The molecule has 126 valence electrons. The monoisotopic (exact) mass is 338 g/mol. The summed E-state index contributed by atoms with van der Waals surface area (Å²) in [7, 11) is 3.15. The summed E-state index contributed by atoms with van der Waals surface area (Å²) in [4.78, 5) is 0. The van der Waals surface area contributed by atoms with Crippen molar-refractivity contribution >= 4 is 9.24 Å². The highest BCUT2D eigenvalue weighted by atomic mass is 31.0. The van der Waals surface area contributed by atoms with Crippen molar-refractivity contribution in [2.45, 2.75) is 37.9 Å². The fourth-order valence-electron chi connectivity index (χ4n) is 5.37. The molecular formula is C22H27OP. The zero-order valence-corrected chi connectivity index (χ0v) is 15.7. The van der Waals surface area contributed by atoms with Crippen molar-refractivity contribution in [3.05, 3.63) is 71.8 Å². The first-order valence-corrected chi connectivity index (χ1v) is 9.61. The van der Waals surface area contributed by atoms with E-state index in [2.05, 4.69) is 83.8 Å². The molecule has 5 rings (SSSR count). The highest BCUT2D eigenvalue weighted by Crippen LogP contribution is 2.67. The van der Waals surface area contributed by atoms with Crippen molar-refractivity contribution in [1.82, 2.24) is 0 Å². The minimum atomic E-state index is -0.241. The van der Waals surface area contributed by atoms with Crippen molar-refractivity contribution < 1.29 is 5.11 Å². The van der Waals surface area contributed by atoms with E-state index in [-0.39, 0.29) is 17.2 Å². The Labute approximate surface area is 147 Å². The second-order valence-corrected chi connectivity index (χ2v) is 9.20. The van der Waals surface area contributed by atoms with E-state index in [9.17, 15) is 5.11 Å². The van der Waals surface area contributed by atoms with Gasteiger partial charge in [-0.2, -0.15) is 0 Å². The number of aliphatic hydroxyl groups is 1. The number of benzene rings is 2. The van der Waals surface area contributed by atoms with Gasteiger partial charge in [-0.25, -0.2) is 0 Å². The van der Waals surface area contributed by atoms with Crippen LogP contribution in [0.5, 0.6) is 0 Å². The van der Waals surface area contributed by atoms with Gasteiger partial charge in [-0.3, -0.25) is 0 Å². The van der Waals surface area contributed by atoms with E-state index < -0.39 is 0 Å². The van der Waals surface area contributed by atoms with Gasteiger partial charge >= 0.3 is 0 Å². The van der Waals surface area contributed by atoms with E-state index in [0.29, 0.717) is 17.3 Å². The highest BCUT2D eigenvalue weighted by molar-refractivity contribution is 7.19. The summed E-state index contributed by atoms with van der Waals surface area (Å²) in [5, 5.41) is 10.8. The molecule has 3 unspecified atom stereocenters. The number of hydrogen-bond donors (Lipinski definition) is 1. The maximum Gasteiger partial charge on any atom is 0.0589 e. The summed E-state index contributed by atoms with van der Waals surface area (Å²) < 4.78 is 0. The molecule has 1 nitrogen and oxygen atoms in total. The molecule has 24 heavy (non-hydrogen) atoms. The minimum absolute atomic E-state index is 0.229. The Kier molecular flexibility index (Phi) is 3.86. The Balaban J connectivity index is 1.88. The van der Waals surface area contributed by atoms with Crippen LogP contribution in [0.1, 0.15) is 37.8 Å². The summed E-state index contributed by atoms with van der Waals surface area (Å²) >= 11 is 0. The van der Waals surface area contributed by atoms with Crippen molar-refractivity contribution in [2.24, 2.45) is 23.2 Å². The lowest BCUT2D eigenvalue weighted by Gasteiger charge is -2.65. The number of rotatable bonds is 3. The maximum absolute atomic E-state index is 11.0. The normalized spacial score (nSPS) is 31.3. The molecule has 0 amide bonds. The van der Waals surface area contributed by atoms with Gasteiger partial charge in [0.1, 0.15) is 0 Å². The Bertz CT molecular complexity index is 670. The molecule has 2 bridgehead atoms. The van der Waals surface area contributed by atoms with Gasteiger partial charge in [0.2, 0.25) is 0 Å². The highest BCUT2D eigenvalue weighted by Gasteiger charge is 2.62. The van der Waals surface area contributed by atoms with Crippen molar-refractivity contribution in [3.8, 4) is 0 Å². The predicted molar refractivity (Wildman–Crippen MR) is 103 cm³/mol. The van der Waals surface area contributed by atoms with Gasteiger partial charge in [0.25, 0.3) is 0 Å². The zero-order chi connectivity index (χ0) is 16.9. The average Bonchev–Trinajstić information content (AvgIpc) is 2.62. The molecule has 3 aliphatic carbocycles. The largest absolute Gasteiger partial charge is 0.393 e. The molecule has 1 N–H and O–H groups in total. The van der Waals surface area contributed by atoms with E-state index in [1.807, 2.05) is 0 Å². The van der Waals surface area contributed by atoms with Crippen molar-refractivity contribution in [3.63, 3.8) is 0 Å². The molecule has 0 heterocycles. The van der Waals surface area contributed by atoms with Gasteiger partial charge < -0.3 is 5.11 Å². The standard InChI is InChI=1S/C22H27OP/c1-21(2)17-13-18(21)20(19(23)14-17)22(24,15-9-5-3-6-10-15)16-11-7-4-8-12-16/h3-12,17-20,23H,13-14,24H2,1-2H3/t17?,18?,19-,20+/m1/s1. The van der Waals surface area contributed by atoms with Crippen LogP contribution in [0, 0.1) is 23.2 Å². The summed E-state index contributed by atoms with van der Waals surface area (Å²) in [5.41, 5.74) is 2.90. The molecule has 3 aliphatic rings. The molecule has 2 heteroatoms. The van der Waals surface area contributed by atoms with Crippen LogP contribution in [-0.4, -0.2) is 11.2 Å². The predicted octanol–water partition coefficient (Wildman–Crippen LogP) is 4.85. The van der Waals surface area contributed by atoms with Crippen molar-refractivity contribution in [1.29, 1.82) is 0 Å². The van der Waals surface area contributed by atoms with E-state index >= 15 is 0 Å². The lowest BCUT2D eigenvalue weighted by Crippen LogP contribution is -2.61. The van der Waals surface area contributed by atoms with Crippen LogP contribution in [0.2, 0.25) is 0 Å². The first kappa shape index (κ1) is 16.3. The van der Waals surface area contributed by atoms with Gasteiger partial charge in [-0.15, -0.1) is 9.24 Å². The Morgan fingerprint density at radius 3 is 1.88 bits per heavy atom. The second kappa shape index (κ2) is 5.68. The van der Waals surface area contributed by atoms with Gasteiger partial charge in [0.15, 0.2) is 0 Å². The SMILES string of the molecule is CC1(C)C2CC1[C@H](C(P)(c1ccccc1)c1ccccc1)[C@H](O)C2. The number of fused-ring (bicyclic) bond motifs is 2. The molecule has 3 fully saturated rings. The van der Waals surface area contributed by atoms with Crippen LogP contribution in [0.15, 0.2) is 60.7 Å². The zero-order valence-electron chi connectivity index (χ0n) is 14.5. The summed E-state index contributed by atoms with van der Waals surface area (Å²) in [6.07, 6.45) is 1.95. The third-order valence-corrected chi connectivity index (χ3v) is 8.00. The van der Waals surface area contributed by atoms with Crippen LogP contribution in [0.25, 0.3) is 0 Å². The second-order valence-electron chi connectivity index (χ2n) is 8.29. The lowest BCUT2D eigenvalue weighted by atomic mass is 9.42. The van der Waals surface area contributed by atoms with Gasteiger partial charge in [0.05, 0.1) is 6.10 Å². The topological polar surface area (TPSA) is 20.2 Å². The van der Waals surface area contributed by atoms with E-state index in [0.717, 1.165) is 6.42 Å². The third-order valence-electron chi connectivity index (χ3n) is 6.95. The molecule has 0 radical (unpaired) electrons. The molecular weight excluding hydrogens is 311 g/mol. The summed E-state index contributed by atoms with van der Waals surface area (Å²) in [6, 6.07) is 21.4. The first-order chi connectivity index (χ1) is 11.5. The van der Waals surface area contributed by atoms with Crippen LogP contribution < -0.4 is 0 Å².